The zero-order chi connectivity index (χ0) is 14.8. The molecule has 0 radical (unpaired) electrons. The fraction of sp³-hybridized carbons (Fsp3) is 0.611. The fourth-order valence-corrected chi connectivity index (χ4v) is 3.66. The fourth-order valence-electron chi connectivity index (χ4n) is 3.66. The molecule has 1 saturated heterocycles. The van der Waals surface area contributed by atoms with Crippen LogP contribution < -0.4 is 0 Å². The number of esters is 1. The Morgan fingerprint density at radius 3 is 2.27 bits per heavy atom. The third kappa shape index (κ3) is 3.31. The van der Waals surface area contributed by atoms with Crippen LogP contribution >= 0.6 is 12.4 Å². The first kappa shape index (κ1) is 17.3. The molecule has 1 heterocycles. The first-order valence-corrected chi connectivity index (χ1v) is 8.21. The standard InChI is InChI=1S/C18H26NO2.ClH/c1-19(13-6-3-7-14-19)15-21-17(20)18(11-8-12-18)16-9-4-2-5-10-16;/h2,4-5,9-10H,3,6-8,11-15H2,1H3;1H/q+1;. The first-order valence-electron chi connectivity index (χ1n) is 8.21. The molecule has 2 aliphatic rings. The molecule has 0 atom stereocenters. The number of likely N-dealkylation sites (tertiary alicyclic amines) is 1. The molecule has 0 aromatic heterocycles. The molecular formula is C18H27ClNO2+. The number of rotatable bonds is 4. The van der Waals surface area contributed by atoms with Gasteiger partial charge in [-0.25, -0.2) is 0 Å². The van der Waals surface area contributed by atoms with Crippen molar-refractivity contribution >= 4 is 18.4 Å². The van der Waals surface area contributed by atoms with Gasteiger partial charge in [-0.05, 0) is 37.7 Å². The van der Waals surface area contributed by atoms with Gasteiger partial charge in [0.25, 0.3) is 0 Å². The number of benzene rings is 1. The Labute approximate surface area is 139 Å². The Morgan fingerprint density at radius 2 is 1.73 bits per heavy atom. The highest BCUT2D eigenvalue weighted by molar-refractivity contribution is 5.85. The number of nitrogens with zero attached hydrogens (tertiary/aromatic N) is 1. The van der Waals surface area contributed by atoms with E-state index in [0.29, 0.717) is 6.73 Å². The van der Waals surface area contributed by atoms with Gasteiger partial charge in [-0.3, -0.25) is 9.28 Å². The average molecular weight is 325 g/mol. The van der Waals surface area contributed by atoms with Crippen LogP contribution in [-0.4, -0.2) is 37.3 Å². The Balaban J connectivity index is 0.00000176. The second-order valence-electron chi connectivity index (χ2n) is 6.99. The van der Waals surface area contributed by atoms with Crippen molar-refractivity contribution in [2.75, 3.05) is 26.9 Å². The van der Waals surface area contributed by atoms with Crippen molar-refractivity contribution in [1.29, 1.82) is 0 Å². The van der Waals surface area contributed by atoms with E-state index in [9.17, 15) is 4.79 Å². The van der Waals surface area contributed by atoms with Gasteiger partial charge in [0.15, 0.2) is 0 Å². The normalized spacial score (nSPS) is 22.0. The van der Waals surface area contributed by atoms with Crippen LogP contribution in [0.1, 0.15) is 44.1 Å². The third-order valence-electron chi connectivity index (χ3n) is 5.33. The number of hydrogen-bond acceptors (Lipinski definition) is 2. The Hall–Kier alpha value is -1.06. The minimum absolute atomic E-state index is 0. The highest BCUT2D eigenvalue weighted by Gasteiger charge is 2.47. The molecule has 1 aromatic rings. The summed E-state index contributed by atoms with van der Waals surface area (Å²) in [5.41, 5.74) is 0.762. The summed E-state index contributed by atoms with van der Waals surface area (Å²) >= 11 is 0. The summed E-state index contributed by atoms with van der Waals surface area (Å²) in [6.07, 6.45) is 6.79. The maximum atomic E-state index is 12.7. The second-order valence-corrected chi connectivity index (χ2v) is 6.99. The van der Waals surface area contributed by atoms with Crippen LogP contribution in [0.3, 0.4) is 0 Å². The maximum Gasteiger partial charge on any atom is 0.320 e. The van der Waals surface area contributed by atoms with E-state index >= 15 is 0 Å². The number of carbonyl (C=O) groups excluding carboxylic acids is 1. The highest BCUT2D eigenvalue weighted by atomic mass is 35.5. The van der Waals surface area contributed by atoms with E-state index in [1.807, 2.05) is 18.2 Å². The molecular weight excluding hydrogens is 298 g/mol. The van der Waals surface area contributed by atoms with Gasteiger partial charge in [0, 0.05) is 0 Å². The zero-order valence-corrected chi connectivity index (χ0v) is 14.2. The Kier molecular flexibility index (Phi) is 5.51. The van der Waals surface area contributed by atoms with Crippen LogP contribution in [0.5, 0.6) is 0 Å². The van der Waals surface area contributed by atoms with E-state index in [4.69, 9.17) is 4.74 Å². The summed E-state index contributed by atoms with van der Waals surface area (Å²) in [6, 6.07) is 10.2. The third-order valence-corrected chi connectivity index (χ3v) is 5.33. The summed E-state index contributed by atoms with van der Waals surface area (Å²) in [6.45, 7) is 2.80. The molecule has 0 bridgehead atoms. The molecule has 1 aromatic carbocycles. The number of halogens is 1. The van der Waals surface area contributed by atoms with Gasteiger partial charge >= 0.3 is 5.97 Å². The first-order chi connectivity index (χ1) is 10.1. The Bertz CT molecular complexity index is 493. The lowest BCUT2D eigenvalue weighted by Crippen LogP contribution is -2.52. The number of carbonyl (C=O) groups is 1. The minimum Gasteiger partial charge on any atom is -0.414 e. The summed E-state index contributed by atoms with van der Waals surface area (Å²) in [5, 5.41) is 0. The maximum absolute atomic E-state index is 12.7. The van der Waals surface area contributed by atoms with Crippen LogP contribution in [0, 0.1) is 0 Å². The predicted molar refractivity (Wildman–Crippen MR) is 89.9 cm³/mol. The van der Waals surface area contributed by atoms with Gasteiger partial charge in [-0.2, -0.15) is 0 Å². The van der Waals surface area contributed by atoms with E-state index in [2.05, 4.69) is 19.2 Å². The van der Waals surface area contributed by atoms with E-state index in [1.165, 1.54) is 19.3 Å². The van der Waals surface area contributed by atoms with Gasteiger partial charge < -0.3 is 4.74 Å². The SMILES string of the molecule is C[N+]1(COC(=O)C2(c3ccccc3)CCC2)CCCCC1.Cl. The summed E-state index contributed by atoms with van der Waals surface area (Å²) in [7, 11) is 2.21. The molecule has 1 saturated carbocycles. The number of hydrogen-bond donors (Lipinski definition) is 0. The summed E-state index contributed by atoms with van der Waals surface area (Å²) in [4.78, 5) is 12.7. The van der Waals surface area contributed by atoms with Gasteiger partial charge in [0.05, 0.1) is 25.6 Å². The van der Waals surface area contributed by atoms with Crippen LogP contribution in [0.15, 0.2) is 30.3 Å². The average Bonchev–Trinajstić information content (AvgIpc) is 2.46. The van der Waals surface area contributed by atoms with Gasteiger partial charge in [0.1, 0.15) is 0 Å². The summed E-state index contributed by atoms with van der Waals surface area (Å²) < 4.78 is 6.67. The van der Waals surface area contributed by atoms with Crippen molar-refractivity contribution in [3.05, 3.63) is 35.9 Å². The van der Waals surface area contributed by atoms with Gasteiger partial charge in [-0.1, -0.05) is 36.8 Å². The predicted octanol–water partition coefficient (Wildman–Crippen LogP) is 3.66. The smallest absolute Gasteiger partial charge is 0.320 e. The van der Waals surface area contributed by atoms with Crippen molar-refractivity contribution in [2.45, 2.75) is 43.9 Å². The lowest BCUT2D eigenvalue weighted by molar-refractivity contribution is -0.930. The lowest BCUT2D eigenvalue weighted by atomic mass is 9.64. The minimum atomic E-state index is -0.365. The Morgan fingerprint density at radius 1 is 1.09 bits per heavy atom. The number of quaternary nitrogens is 1. The van der Waals surface area contributed by atoms with Crippen molar-refractivity contribution in [2.24, 2.45) is 0 Å². The monoisotopic (exact) mass is 324 g/mol. The van der Waals surface area contributed by atoms with Crippen LogP contribution in [0.2, 0.25) is 0 Å². The molecule has 2 fully saturated rings. The van der Waals surface area contributed by atoms with Crippen LogP contribution in [0.4, 0.5) is 0 Å². The molecule has 1 aliphatic carbocycles. The molecule has 1 aliphatic heterocycles. The van der Waals surface area contributed by atoms with E-state index in [0.717, 1.165) is 42.4 Å². The number of piperidine rings is 1. The molecule has 0 amide bonds. The molecule has 122 valence electrons. The van der Waals surface area contributed by atoms with E-state index in [1.54, 1.807) is 0 Å². The molecule has 22 heavy (non-hydrogen) atoms. The van der Waals surface area contributed by atoms with Crippen molar-refractivity contribution in [3.8, 4) is 0 Å². The number of ether oxygens (including phenoxy) is 1. The molecule has 3 nitrogen and oxygen atoms in total. The molecule has 0 spiro atoms. The largest absolute Gasteiger partial charge is 0.414 e. The molecule has 4 heteroatoms. The quantitative estimate of drug-likeness (QED) is 0.624. The summed E-state index contributed by atoms with van der Waals surface area (Å²) in [5.74, 6) is -0.00938. The highest BCUT2D eigenvalue weighted by Crippen LogP contribution is 2.44. The van der Waals surface area contributed by atoms with Crippen molar-refractivity contribution < 1.29 is 14.0 Å². The van der Waals surface area contributed by atoms with Crippen LogP contribution in [-0.2, 0) is 14.9 Å². The zero-order valence-electron chi connectivity index (χ0n) is 13.4. The molecule has 0 unspecified atom stereocenters. The van der Waals surface area contributed by atoms with Gasteiger partial charge in [0.2, 0.25) is 6.73 Å². The topological polar surface area (TPSA) is 26.3 Å². The molecule has 3 rings (SSSR count). The lowest BCUT2D eigenvalue weighted by Gasteiger charge is -2.42. The van der Waals surface area contributed by atoms with Crippen molar-refractivity contribution in [1.82, 2.24) is 0 Å². The van der Waals surface area contributed by atoms with Crippen LogP contribution in [0.25, 0.3) is 0 Å². The van der Waals surface area contributed by atoms with E-state index < -0.39 is 0 Å². The second kappa shape index (κ2) is 7.01. The molecule has 0 N–H and O–H groups in total. The van der Waals surface area contributed by atoms with E-state index in [-0.39, 0.29) is 23.8 Å². The van der Waals surface area contributed by atoms with Crippen molar-refractivity contribution in [3.63, 3.8) is 0 Å². The van der Waals surface area contributed by atoms with Gasteiger partial charge in [-0.15, -0.1) is 12.4 Å².